The molecule has 112 valence electrons. The highest BCUT2D eigenvalue weighted by Gasteiger charge is 2.36. The Morgan fingerprint density at radius 1 is 1.25 bits per heavy atom. The second kappa shape index (κ2) is 7.19. The molecule has 2 rings (SSSR count). The maximum Gasteiger partial charge on any atom is 0.0906 e. The standard InChI is InChI=1S/C17H27FN2/c1-3-17(4-2)14-20(12-8-11-18)16(13-19-17)15-9-6-5-7-10-15/h5-7,9-10,16,19H,3-4,8,11-14H2,1-2H3. The Kier molecular flexibility index (Phi) is 5.55. The maximum atomic E-state index is 12.6. The lowest BCUT2D eigenvalue weighted by atomic mass is 9.87. The zero-order chi connectivity index (χ0) is 14.4. The lowest BCUT2D eigenvalue weighted by Gasteiger charge is -2.47. The van der Waals surface area contributed by atoms with Gasteiger partial charge in [0.05, 0.1) is 6.67 Å². The highest BCUT2D eigenvalue weighted by Crippen LogP contribution is 2.30. The molecule has 1 N–H and O–H groups in total. The topological polar surface area (TPSA) is 15.3 Å². The monoisotopic (exact) mass is 278 g/mol. The van der Waals surface area contributed by atoms with Gasteiger partial charge in [0.15, 0.2) is 0 Å². The fourth-order valence-corrected chi connectivity index (χ4v) is 3.22. The van der Waals surface area contributed by atoms with Gasteiger partial charge in [0, 0.05) is 31.2 Å². The van der Waals surface area contributed by atoms with Crippen LogP contribution in [0.25, 0.3) is 0 Å². The van der Waals surface area contributed by atoms with Crippen LogP contribution in [0, 0.1) is 0 Å². The molecule has 1 aliphatic heterocycles. The van der Waals surface area contributed by atoms with Gasteiger partial charge in [-0.05, 0) is 24.8 Å². The summed E-state index contributed by atoms with van der Waals surface area (Å²) in [5, 5.41) is 3.75. The van der Waals surface area contributed by atoms with Crippen molar-refractivity contribution in [2.75, 3.05) is 26.3 Å². The number of piperazine rings is 1. The molecule has 1 fully saturated rings. The number of nitrogens with one attached hydrogen (secondary N) is 1. The molecule has 1 heterocycles. The minimum Gasteiger partial charge on any atom is -0.308 e. The summed E-state index contributed by atoms with van der Waals surface area (Å²) in [6.07, 6.45) is 2.88. The molecular formula is C17H27FN2. The van der Waals surface area contributed by atoms with Crippen LogP contribution in [0.15, 0.2) is 30.3 Å². The fraction of sp³-hybridized carbons (Fsp3) is 0.647. The second-order valence-corrected chi connectivity index (χ2v) is 5.81. The Morgan fingerprint density at radius 3 is 2.55 bits per heavy atom. The molecule has 0 amide bonds. The Labute approximate surface area is 122 Å². The smallest absolute Gasteiger partial charge is 0.0906 e. The van der Waals surface area contributed by atoms with E-state index in [1.54, 1.807) is 0 Å². The molecule has 0 spiro atoms. The summed E-state index contributed by atoms with van der Waals surface area (Å²) in [4.78, 5) is 2.47. The van der Waals surface area contributed by atoms with Crippen LogP contribution in [0.1, 0.15) is 44.7 Å². The van der Waals surface area contributed by atoms with Gasteiger partial charge in [0.1, 0.15) is 0 Å². The van der Waals surface area contributed by atoms with Crippen LogP contribution < -0.4 is 5.32 Å². The molecule has 1 unspecified atom stereocenters. The quantitative estimate of drug-likeness (QED) is 0.856. The first-order valence-corrected chi connectivity index (χ1v) is 7.84. The third-order valence-electron chi connectivity index (χ3n) is 4.73. The first kappa shape index (κ1) is 15.5. The van der Waals surface area contributed by atoms with Crippen molar-refractivity contribution in [2.24, 2.45) is 0 Å². The highest BCUT2D eigenvalue weighted by atomic mass is 19.1. The molecule has 0 aliphatic carbocycles. The third-order valence-corrected chi connectivity index (χ3v) is 4.73. The van der Waals surface area contributed by atoms with Crippen molar-refractivity contribution in [3.05, 3.63) is 35.9 Å². The number of hydrogen-bond acceptors (Lipinski definition) is 2. The van der Waals surface area contributed by atoms with Crippen molar-refractivity contribution in [1.82, 2.24) is 10.2 Å². The number of halogens is 1. The average molecular weight is 278 g/mol. The van der Waals surface area contributed by atoms with Crippen molar-refractivity contribution in [2.45, 2.75) is 44.7 Å². The van der Waals surface area contributed by atoms with Gasteiger partial charge in [-0.3, -0.25) is 9.29 Å². The zero-order valence-corrected chi connectivity index (χ0v) is 12.7. The Bertz CT molecular complexity index is 389. The van der Waals surface area contributed by atoms with Crippen molar-refractivity contribution in [3.8, 4) is 0 Å². The van der Waals surface area contributed by atoms with E-state index in [4.69, 9.17) is 0 Å². The number of hydrogen-bond donors (Lipinski definition) is 1. The van der Waals surface area contributed by atoms with Crippen molar-refractivity contribution < 1.29 is 4.39 Å². The van der Waals surface area contributed by atoms with E-state index in [1.165, 1.54) is 5.56 Å². The predicted molar refractivity (Wildman–Crippen MR) is 82.7 cm³/mol. The molecule has 3 heteroatoms. The summed E-state index contributed by atoms with van der Waals surface area (Å²) in [5.74, 6) is 0. The first-order chi connectivity index (χ1) is 9.74. The van der Waals surface area contributed by atoms with Gasteiger partial charge in [-0.25, -0.2) is 0 Å². The van der Waals surface area contributed by atoms with Gasteiger partial charge in [-0.2, -0.15) is 0 Å². The number of alkyl halides is 1. The first-order valence-electron chi connectivity index (χ1n) is 7.84. The summed E-state index contributed by atoms with van der Waals surface area (Å²) < 4.78 is 12.6. The molecule has 1 atom stereocenters. The molecule has 0 bridgehead atoms. The lowest BCUT2D eigenvalue weighted by Crippen LogP contribution is -2.60. The molecule has 1 aliphatic rings. The maximum absolute atomic E-state index is 12.6. The van der Waals surface area contributed by atoms with Gasteiger partial charge in [0.25, 0.3) is 0 Å². The highest BCUT2D eigenvalue weighted by molar-refractivity contribution is 5.21. The largest absolute Gasteiger partial charge is 0.308 e. The minimum absolute atomic E-state index is 0.196. The van der Waals surface area contributed by atoms with E-state index >= 15 is 0 Å². The molecule has 0 aromatic heterocycles. The summed E-state index contributed by atoms with van der Waals surface area (Å²) in [7, 11) is 0. The van der Waals surface area contributed by atoms with E-state index in [0.29, 0.717) is 12.5 Å². The van der Waals surface area contributed by atoms with E-state index in [0.717, 1.165) is 32.5 Å². The van der Waals surface area contributed by atoms with Crippen LogP contribution in [-0.4, -0.2) is 36.7 Å². The predicted octanol–water partition coefficient (Wildman–Crippen LogP) is 3.55. The lowest BCUT2D eigenvalue weighted by molar-refractivity contribution is 0.0696. The van der Waals surface area contributed by atoms with Crippen molar-refractivity contribution in [3.63, 3.8) is 0 Å². The summed E-state index contributed by atoms with van der Waals surface area (Å²) >= 11 is 0. The van der Waals surface area contributed by atoms with Crippen LogP contribution in [0.5, 0.6) is 0 Å². The summed E-state index contributed by atoms with van der Waals surface area (Å²) in [6.45, 7) is 7.08. The van der Waals surface area contributed by atoms with Gasteiger partial charge < -0.3 is 5.32 Å². The second-order valence-electron chi connectivity index (χ2n) is 5.81. The van der Waals surface area contributed by atoms with Crippen LogP contribution in [0.2, 0.25) is 0 Å². The molecule has 0 radical (unpaired) electrons. The molecule has 1 aromatic carbocycles. The minimum atomic E-state index is -0.226. The molecule has 2 nitrogen and oxygen atoms in total. The van der Waals surface area contributed by atoms with E-state index in [1.807, 2.05) is 6.07 Å². The van der Waals surface area contributed by atoms with Crippen LogP contribution >= 0.6 is 0 Å². The molecular weight excluding hydrogens is 251 g/mol. The summed E-state index contributed by atoms with van der Waals surface area (Å²) in [5.41, 5.74) is 1.53. The van der Waals surface area contributed by atoms with E-state index < -0.39 is 0 Å². The van der Waals surface area contributed by atoms with Gasteiger partial charge in [-0.15, -0.1) is 0 Å². The molecule has 20 heavy (non-hydrogen) atoms. The fourth-order valence-electron chi connectivity index (χ4n) is 3.22. The average Bonchev–Trinajstić information content (AvgIpc) is 2.53. The zero-order valence-electron chi connectivity index (χ0n) is 12.7. The Balaban J connectivity index is 2.15. The molecule has 1 aromatic rings. The van der Waals surface area contributed by atoms with Gasteiger partial charge >= 0.3 is 0 Å². The Morgan fingerprint density at radius 2 is 1.95 bits per heavy atom. The number of nitrogens with zero attached hydrogens (tertiary/aromatic N) is 1. The van der Waals surface area contributed by atoms with Gasteiger partial charge in [-0.1, -0.05) is 44.2 Å². The van der Waals surface area contributed by atoms with E-state index in [2.05, 4.69) is 48.3 Å². The molecule has 1 saturated heterocycles. The number of rotatable bonds is 6. The molecule has 0 saturated carbocycles. The normalized spacial score (nSPS) is 22.9. The third kappa shape index (κ3) is 3.39. The van der Waals surface area contributed by atoms with Crippen LogP contribution in [-0.2, 0) is 0 Å². The summed E-state index contributed by atoms with van der Waals surface area (Å²) in [6, 6.07) is 11.0. The Hall–Kier alpha value is -0.930. The van der Waals surface area contributed by atoms with E-state index in [-0.39, 0.29) is 12.2 Å². The van der Waals surface area contributed by atoms with Crippen LogP contribution in [0.3, 0.4) is 0 Å². The van der Waals surface area contributed by atoms with Gasteiger partial charge in [0.2, 0.25) is 0 Å². The van der Waals surface area contributed by atoms with E-state index in [9.17, 15) is 4.39 Å². The SMILES string of the molecule is CCC1(CC)CN(CCCF)C(c2ccccc2)CN1. The van der Waals surface area contributed by atoms with Crippen molar-refractivity contribution >= 4 is 0 Å². The van der Waals surface area contributed by atoms with Crippen molar-refractivity contribution in [1.29, 1.82) is 0 Å². The van der Waals surface area contributed by atoms with Crippen LogP contribution in [0.4, 0.5) is 4.39 Å². The number of benzene rings is 1.